The first-order chi connectivity index (χ1) is 11.4. The first kappa shape index (κ1) is 23.0. The molecule has 1 aliphatic heterocycles. The molecule has 5 nitrogen and oxygen atoms in total. The van der Waals surface area contributed by atoms with Gasteiger partial charge in [0.15, 0.2) is 16.6 Å². The molecule has 1 rings (SSSR count). The molecule has 9 heteroatoms. The van der Waals surface area contributed by atoms with E-state index < -0.39 is 35.7 Å². The van der Waals surface area contributed by atoms with E-state index >= 15 is 0 Å². The Bertz CT molecular complexity index is 448. The maximum atomic E-state index is 11.9. The molecular weight excluding hydrogens is 385 g/mol. The molecule has 0 radical (unpaired) electrons. The third-order valence-electron chi connectivity index (χ3n) is 3.95. The molecule has 146 valence electrons. The number of methoxy groups -OCH3 is 1. The van der Waals surface area contributed by atoms with Gasteiger partial charge in [0.05, 0.1) is 16.6 Å². The van der Waals surface area contributed by atoms with E-state index in [2.05, 4.69) is 45.9 Å². The molecule has 1 saturated heterocycles. The Balaban J connectivity index is 2.98. The average Bonchev–Trinajstić information content (AvgIpc) is 2.43. The lowest BCUT2D eigenvalue weighted by molar-refractivity contribution is -0.135. The molecule has 25 heavy (non-hydrogen) atoms. The summed E-state index contributed by atoms with van der Waals surface area (Å²) in [5.74, 6) is -0.419. The van der Waals surface area contributed by atoms with E-state index in [1.54, 1.807) is 0 Å². The first-order valence-electron chi connectivity index (χ1n) is 9.11. The van der Waals surface area contributed by atoms with E-state index in [1.807, 2.05) is 0 Å². The Labute approximate surface area is 159 Å². The highest BCUT2D eigenvalue weighted by atomic mass is 28.4. The summed E-state index contributed by atoms with van der Waals surface area (Å²) in [4.78, 5) is 11.7. The molecule has 1 unspecified atom stereocenters. The summed E-state index contributed by atoms with van der Waals surface area (Å²) in [6, 6.07) is 0. The van der Waals surface area contributed by atoms with Crippen LogP contribution in [0.3, 0.4) is 0 Å². The van der Waals surface area contributed by atoms with Crippen molar-refractivity contribution in [3.8, 4) is 0 Å². The summed E-state index contributed by atoms with van der Waals surface area (Å²) in [6.07, 6.45) is 3.23. The summed E-state index contributed by atoms with van der Waals surface area (Å²) in [5, 5.41) is 0.622. The normalized spacial score (nSPS) is 23.0. The molecule has 0 bridgehead atoms. The second-order valence-electron chi connectivity index (χ2n) is 8.85. The molecule has 0 amide bonds. The number of rotatable bonds is 9. The number of hydrogen-bond donors (Lipinski definition) is 0. The van der Waals surface area contributed by atoms with Crippen LogP contribution in [0.1, 0.15) is 19.3 Å². The van der Waals surface area contributed by atoms with E-state index in [4.69, 9.17) is 18.3 Å². The van der Waals surface area contributed by atoms with Crippen LogP contribution < -0.4 is 0 Å². The number of carbonyl (C=O) groups is 1. The Morgan fingerprint density at radius 3 is 2.08 bits per heavy atom. The highest BCUT2D eigenvalue weighted by Crippen LogP contribution is 2.28. The number of ether oxygens (including phenoxy) is 2. The predicted octanol–water partition coefficient (Wildman–Crippen LogP) is 1.85. The van der Waals surface area contributed by atoms with Crippen LogP contribution in [0.4, 0.5) is 0 Å². The molecule has 1 aliphatic rings. The molecule has 0 aromatic rings. The van der Waals surface area contributed by atoms with Gasteiger partial charge in [-0.05, 0) is 58.5 Å². The van der Waals surface area contributed by atoms with Gasteiger partial charge in [-0.1, -0.05) is 6.58 Å². The molecule has 0 saturated carbocycles. The fraction of sp³-hybridized carbons (Fsp3) is 0.812. The Morgan fingerprint density at radius 1 is 1.12 bits per heavy atom. The maximum Gasteiger partial charge on any atom is 0.328 e. The molecule has 0 aliphatic carbocycles. The van der Waals surface area contributed by atoms with Crippen molar-refractivity contribution >= 4 is 41.6 Å². The molecular formula is C16H36O5Si4. The van der Waals surface area contributed by atoms with Crippen molar-refractivity contribution in [3.05, 3.63) is 11.8 Å². The van der Waals surface area contributed by atoms with Crippen LogP contribution in [-0.4, -0.2) is 66.1 Å². The Hall–Kier alpha value is -0.0425. The van der Waals surface area contributed by atoms with Gasteiger partial charge < -0.3 is 18.3 Å². The molecule has 1 fully saturated rings. The van der Waals surface area contributed by atoms with Crippen molar-refractivity contribution < 1.29 is 23.1 Å². The largest absolute Gasteiger partial charge is 0.466 e. The average molecular weight is 421 g/mol. The first-order valence-corrected chi connectivity index (χ1v) is 18.9. The quantitative estimate of drug-likeness (QED) is 0.247. The minimum Gasteiger partial charge on any atom is -0.466 e. The molecule has 0 N–H and O–H groups in total. The van der Waals surface area contributed by atoms with Gasteiger partial charge in [0, 0.05) is 16.7 Å². The van der Waals surface area contributed by atoms with Crippen LogP contribution in [0.5, 0.6) is 0 Å². The third-order valence-corrected chi connectivity index (χ3v) is 12.1. The van der Waals surface area contributed by atoms with Crippen molar-refractivity contribution in [1.82, 2.24) is 0 Å². The van der Waals surface area contributed by atoms with Crippen molar-refractivity contribution in [3.63, 3.8) is 0 Å². The summed E-state index contributed by atoms with van der Waals surface area (Å²) < 4.78 is 24.0. The van der Waals surface area contributed by atoms with Crippen molar-refractivity contribution in [2.24, 2.45) is 0 Å². The van der Waals surface area contributed by atoms with E-state index in [1.165, 1.54) is 7.11 Å². The van der Waals surface area contributed by atoms with Crippen LogP contribution in [0.15, 0.2) is 11.8 Å². The third kappa shape index (κ3) is 8.93. The molecule has 0 aromatic carbocycles. The van der Waals surface area contributed by atoms with E-state index in [0.29, 0.717) is 5.20 Å². The standard InChI is InChI=1S/C16H36O5Si4/c1-13(14(17)18-2)22-16(11-9-10-12-19-16)23-15(20-24(3,4)5)21-25(6,7)8/h15H,1,9-12,22-23H2,2-8H3. The van der Waals surface area contributed by atoms with Gasteiger partial charge in [0.1, 0.15) is 15.4 Å². The van der Waals surface area contributed by atoms with Crippen LogP contribution in [-0.2, 0) is 23.1 Å². The summed E-state index contributed by atoms with van der Waals surface area (Å²) in [7, 11) is -3.90. The molecule has 1 heterocycles. The van der Waals surface area contributed by atoms with Crippen molar-refractivity contribution in [2.45, 2.75) is 69.3 Å². The predicted molar refractivity (Wildman–Crippen MR) is 113 cm³/mol. The van der Waals surface area contributed by atoms with Crippen LogP contribution >= 0.6 is 0 Å². The van der Waals surface area contributed by atoms with Gasteiger partial charge in [-0.15, -0.1) is 0 Å². The summed E-state index contributed by atoms with van der Waals surface area (Å²) >= 11 is 0. The summed E-state index contributed by atoms with van der Waals surface area (Å²) in [5.41, 5.74) is 0. The number of esters is 1. The van der Waals surface area contributed by atoms with E-state index in [-0.39, 0.29) is 16.7 Å². The van der Waals surface area contributed by atoms with Crippen LogP contribution in [0.2, 0.25) is 39.3 Å². The van der Waals surface area contributed by atoms with Crippen molar-refractivity contribution in [1.29, 1.82) is 0 Å². The zero-order valence-electron chi connectivity index (χ0n) is 17.1. The van der Waals surface area contributed by atoms with Gasteiger partial charge >= 0.3 is 5.97 Å². The van der Waals surface area contributed by atoms with Gasteiger partial charge in [0.25, 0.3) is 0 Å². The zero-order chi connectivity index (χ0) is 19.3. The SMILES string of the molecule is C=C([SiH2]C1([SiH2]C(O[Si](C)(C)C)O[Si](C)(C)C)CCCCO1)C(=O)OC. The molecule has 0 aromatic heterocycles. The van der Waals surface area contributed by atoms with Crippen LogP contribution in [0.25, 0.3) is 0 Å². The molecule has 0 spiro atoms. The molecule has 1 atom stereocenters. The smallest absolute Gasteiger partial charge is 0.328 e. The zero-order valence-corrected chi connectivity index (χ0v) is 21.9. The van der Waals surface area contributed by atoms with Gasteiger partial charge in [-0.2, -0.15) is 0 Å². The van der Waals surface area contributed by atoms with Gasteiger partial charge in [-0.3, -0.25) is 0 Å². The highest BCUT2D eigenvalue weighted by Gasteiger charge is 2.41. The van der Waals surface area contributed by atoms with E-state index in [0.717, 1.165) is 25.9 Å². The van der Waals surface area contributed by atoms with E-state index in [9.17, 15) is 4.79 Å². The minimum absolute atomic E-state index is 0.130. The fourth-order valence-corrected chi connectivity index (χ4v) is 13.8. The highest BCUT2D eigenvalue weighted by molar-refractivity contribution is 6.74. The fourth-order valence-electron chi connectivity index (χ4n) is 3.09. The van der Waals surface area contributed by atoms with Crippen molar-refractivity contribution in [2.75, 3.05) is 13.7 Å². The monoisotopic (exact) mass is 420 g/mol. The topological polar surface area (TPSA) is 54.0 Å². The maximum absolute atomic E-state index is 11.9. The lowest BCUT2D eigenvalue weighted by Crippen LogP contribution is -2.57. The second kappa shape index (κ2) is 9.24. The number of carbonyl (C=O) groups excluding carboxylic acids is 1. The Kier molecular flexibility index (Phi) is 8.50. The lowest BCUT2D eigenvalue weighted by Gasteiger charge is -2.42. The van der Waals surface area contributed by atoms with Gasteiger partial charge in [-0.25, -0.2) is 4.79 Å². The lowest BCUT2D eigenvalue weighted by atomic mass is 10.2. The Morgan fingerprint density at radius 2 is 1.68 bits per heavy atom. The van der Waals surface area contributed by atoms with Gasteiger partial charge in [0.2, 0.25) is 0 Å². The summed E-state index contributed by atoms with van der Waals surface area (Å²) in [6.45, 7) is 17.9. The number of hydrogen-bond acceptors (Lipinski definition) is 5. The van der Waals surface area contributed by atoms with Crippen LogP contribution in [0, 0.1) is 0 Å². The second-order valence-corrected chi connectivity index (χ2v) is 23.6. The minimum atomic E-state index is -1.73.